The monoisotopic (exact) mass is 411 g/mol. The largest absolute Gasteiger partial charge is 0.497 e. The maximum absolute atomic E-state index is 12.9. The maximum Gasteiger partial charge on any atom is 0.272 e. The molecule has 2 aromatic carbocycles. The fourth-order valence-corrected chi connectivity index (χ4v) is 3.89. The fraction of sp³-hybridized carbons (Fsp3) is 0.143. The van der Waals surface area contributed by atoms with Gasteiger partial charge in [-0.15, -0.1) is 11.3 Å². The van der Waals surface area contributed by atoms with Gasteiger partial charge in [0.1, 0.15) is 5.75 Å². The van der Waals surface area contributed by atoms with Crippen LogP contribution in [0.3, 0.4) is 0 Å². The molecule has 142 valence electrons. The SMILES string of the molecule is COc1cccc(-c2c(C(=O)NCCc3ccc(Cl)cc3)nc3sccn23)c1. The molecular weight excluding hydrogens is 394 g/mol. The number of benzene rings is 2. The van der Waals surface area contributed by atoms with E-state index in [9.17, 15) is 4.79 Å². The molecule has 2 aromatic heterocycles. The van der Waals surface area contributed by atoms with Gasteiger partial charge in [-0.2, -0.15) is 0 Å². The number of hydrogen-bond acceptors (Lipinski definition) is 4. The minimum absolute atomic E-state index is 0.192. The first kappa shape index (κ1) is 18.5. The first-order valence-corrected chi connectivity index (χ1v) is 10.0. The van der Waals surface area contributed by atoms with Crippen molar-refractivity contribution in [2.24, 2.45) is 0 Å². The van der Waals surface area contributed by atoms with Gasteiger partial charge in [-0.05, 0) is 36.2 Å². The van der Waals surface area contributed by atoms with Crippen LogP contribution in [0.2, 0.25) is 5.02 Å². The summed E-state index contributed by atoms with van der Waals surface area (Å²) in [5.74, 6) is 0.541. The Kier molecular flexibility index (Phi) is 5.32. The molecule has 7 heteroatoms. The lowest BCUT2D eigenvalue weighted by molar-refractivity contribution is 0.0950. The van der Waals surface area contributed by atoms with Crippen molar-refractivity contribution in [3.8, 4) is 17.0 Å². The highest BCUT2D eigenvalue weighted by molar-refractivity contribution is 7.15. The van der Waals surface area contributed by atoms with Crippen molar-refractivity contribution in [3.63, 3.8) is 0 Å². The first-order valence-electron chi connectivity index (χ1n) is 8.78. The molecule has 0 radical (unpaired) electrons. The molecule has 0 aliphatic rings. The second kappa shape index (κ2) is 8.04. The van der Waals surface area contributed by atoms with Crippen LogP contribution in [-0.4, -0.2) is 28.9 Å². The molecular formula is C21H18ClN3O2S. The van der Waals surface area contributed by atoms with Gasteiger partial charge in [-0.25, -0.2) is 4.98 Å². The lowest BCUT2D eigenvalue weighted by atomic mass is 10.1. The zero-order valence-corrected chi connectivity index (χ0v) is 16.8. The number of nitrogens with one attached hydrogen (secondary N) is 1. The van der Waals surface area contributed by atoms with Crippen molar-refractivity contribution in [2.75, 3.05) is 13.7 Å². The number of methoxy groups -OCH3 is 1. The Morgan fingerprint density at radius 3 is 2.86 bits per heavy atom. The van der Waals surface area contributed by atoms with Crippen LogP contribution in [0.25, 0.3) is 16.2 Å². The van der Waals surface area contributed by atoms with Crippen molar-refractivity contribution < 1.29 is 9.53 Å². The van der Waals surface area contributed by atoms with Crippen molar-refractivity contribution in [1.82, 2.24) is 14.7 Å². The van der Waals surface area contributed by atoms with Gasteiger partial charge in [0.2, 0.25) is 0 Å². The van der Waals surface area contributed by atoms with Crippen LogP contribution in [0.4, 0.5) is 0 Å². The predicted octanol–water partition coefficient (Wildman–Crippen LogP) is 4.70. The third kappa shape index (κ3) is 3.74. The molecule has 0 fully saturated rings. The van der Waals surface area contributed by atoms with Crippen LogP contribution < -0.4 is 10.1 Å². The molecule has 1 N–H and O–H groups in total. The van der Waals surface area contributed by atoms with Crippen LogP contribution in [0.5, 0.6) is 5.75 Å². The number of rotatable bonds is 6. The Balaban J connectivity index is 1.58. The van der Waals surface area contributed by atoms with Crippen LogP contribution in [0, 0.1) is 0 Å². The second-order valence-electron chi connectivity index (χ2n) is 6.23. The summed E-state index contributed by atoms with van der Waals surface area (Å²) in [6.45, 7) is 0.517. The summed E-state index contributed by atoms with van der Waals surface area (Å²) in [4.78, 5) is 18.2. The van der Waals surface area contributed by atoms with Gasteiger partial charge >= 0.3 is 0 Å². The third-order valence-electron chi connectivity index (χ3n) is 4.43. The van der Waals surface area contributed by atoms with Crippen LogP contribution >= 0.6 is 22.9 Å². The van der Waals surface area contributed by atoms with E-state index >= 15 is 0 Å². The average molecular weight is 412 g/mol. The molecule has 0 bridgehead atoms. The molecule has 2 heterocycles. The number of amides is 1. The van der Waals surface area contributed by atoms with E-state index in [0.717, 1.165) is 34.0 Å². The number of ether oxygens (including phenoxy) is 1. The summed E-state index contributed by atoms with van der Waals surface area (Å²) in [6.07, 6.45) is 2.64. The molecule has 5 nitrogen and oxygen atoms in total. The lowest BCUT2D eigenvalue weighted by Crippen LogP contribution is -2.26. The lowest BCUT2D eigenvalue weighted by Gasteiger charge is -2.08. The number of fused-ring (bicyclic) bond motifs is 1. The van der Waals surface area contributed by atoms with Crippen LogP contribution in [-0.2, 0) is 6.42 Å². The number of hydrogen-bond donors (Lipinski definition) is 1. The minimum Gasteiger partial charge on any atom is -0.497 e. The number of aromatic nitrogens is 2. The molecule has 0 atom stereocenters. The summed E-state index contributed by atoms with van der Waals surface area (Å²) >= 11 is 7.41. The number of thiazole rings is 1. The second-order valence-corrected chi connectivity index (χ2v) is 7.54. The van der Waals surface area contributed by atoms with Gasteiger partial charge in [0.05, 0.1) is 12.8 Å². The van der Waals surface area contributed by atoms with Gasteiger partial charge in [-0.3, -0.25) is 9.20 Å². The summed E-state index contributed by atoms with van der Waals surface area (Å²) < 4.78 is 7.27. The van der Waals surface area contributed by atoms with E-state index in [2.05, 4.69) is 10.3 Å². The highest BCUT2D eigenvalue weighted by atomic mass is 35.5. The van der Waals surface area contributed by atoms with Crippen molar-refractivity contribution in [3.05, 3.63) is 76.4 Å². The summed E-state index contributed by atoms with van der Waals surface area (Å²) in [5, 5.41) is 5.63. The Labute approximate surface area is 171 Å². The summed E-state index contributed by atoms with van der Waals surface area (Å²) in [5.41, 5.74) is 3.17. The number of carbonyl (C=O) groups excluding carboxylic acids is 1. The standard InChI is InChI=1S/C21H18ClN3O2S/c1-27-17-4-2-3-15(13-17)19-18(24-21-25(19)11-12-28-21)20(26)23-10-9-14-5-7-16(22)8-6-14/h2-8,11-13H,9-10H2,1H3,(H,23,26). The minimum atomic E-state index is -0.192. The van der Waals surface area contributed by atoms with Crippen molar-refractivity contribution >= 4 is 33.8 Å². The molecule has 28 heavy (non-hydrogen) atoms. The molecule has 1 amide bonds. The Morgan fingerprint density at radius 1 is 1.25 bits per heavy atom. The van der Waals surface area contributed by atoms with E-state index in [1.807, 2.05) is 64.5 Å². The number of nitrogens with zero attached hydrogens (tertiary/aromatic N) is 2. The van der Waals surface area contributed by atoms with E-state index in [1.165, 1.54) is 11.3 Å². The molecule has 0 saturated heterocycles. The molecule has 0 unspecified atom stereocenters. The quantitative estimate of drug-likeness (QED) is 0.500. The molecule has 0 aliphatic carbocycles. The van der Waals surface area contributed by atoms with Crippen molar-refractivity contribution in [1.29, 1.82) is 0 Å². The van der Waals surface area contributed by atoms with E-state index in [1.54, 1.807) is 7.11 Å². The molecule has 0 aliphatic heterocycles. The number of halogens is 1. The number of imidazole rings is 1. The molecule has 4 aromatic rings. The van der Waals surface area contributed by atoms with Gasteiger partial charge in [0, 0.05) is 28.7 Å². The van der Waals surface area contributed by atoms with Crippen LogP contribution in [0.15, 0.2) is 60.1 Å². The number of carbonyl (C=O) groups is 1. The topological polar surface area (TPSA) is 55.6 Å². The van der Waals surface area contributed by atoms with Gasteiger partial charge < -0.3 is 10.1 Å². The predicted molar refractivity (Wildman–Crippen MR) is 113 cm³/mol. The van der Waals surface area contributed by atoms with Gasteiger partial charge in [0.15, 0.2) is 10.7 Å². The molecule has 4 rings (SSSR count). The highest BCUT2D eigenvalue weighted by Crippen LogP contribution is 2.29. The Morgan fingerprint density at radius 2 is 2.07 bits per heavy atom. The van der Waals surface area contributed by atoms with E-state index in [0.29, 0.717) is 17.3 Å². The smallest absolute Gasteiger partial charge is 0.272 e. The van der Waals surface area contributed by atoms with E-state index < -0.39 is 0 Å². The third-order valence-corrected chi connectivity index (χ3v) is 5.44. The maximum atomic E-state index is 12.9. The van der Waals surface area contributed by atoms with E-state index in [4.69, 9.17) is 16.3 Å². The highest BCUT2D eigenvalue weighted by Gasteiger charge is 2.21. The Hall–Kier alpha value is -2.83. The Bertz CT molecular complexity index is 1120. The first-order chi connectivity index (χ1) is 13.7. The van der Waals surface area contributed by atoms with Gasteiger partial charge in [0.25, 0.3) is 5.91 Å². The zero-order valence-electron chi connectivity index (χ0n) is 15.2. The van der Waals surface area contributed by atoms with Crippen LogP contribution in [0.1, 0.15) is 16.1 Å². The molecule has 0 spiro atoms. The van der Waals surface area contributed by atoms with Gasteiger partial charge in [-0.1, -0.05) is 35.9 Å². The molecule has 0 saturated carbocycles. The fourth-order valence-electron chi connectivity index (χ4n) is 3.05. The normalized spacial score (nSPS) is 10.9. The van der Waals surface area contributed by atoms with E-state index in [-0.39, 0.29) is 5.91 Å². The van der Waals surface area contributed by atoms with Crippen molar-refractivity contribution in [2.45, 2.75) is 6.42 Å². The average Bonchev–Trinajstić information content (AvgIpc) is 3.30. The summed E-state index contributed by atoms with van der Waals surface area (Å²) in [6, 6.07) is 15.3. The zero-order chi connectivity index (χ0) is 19.5. The summed E-state index contributed by atoms with van der Waals surface area (Å²) in [7, 11) is 1.63.